The number of hydrogen-bond acceptors (Lipinski definition) is 1. The van der Waals surface area contributed by atoms with Crippen molar-refractivity contribution < 1.29 is 4.79 Å². The molecule has 0 heterocycles. The molecule has 1 rings (SSSR count). The third kappa shape index (κ3) is 4.08. The largest absolute Gasteiger partial charge is 0.370 e. The molecule has 0 unspecified atom stereocenters. The monoisotopic (exact) mass is 241 g/mol. The number of carbonyl (C=O) groups excluding carboxylic acids is 1. The lowest BCUT2D eigenvalue weighted by molar-refractivity contribution is -0.118. The van der Waals surface area contributed by atoms with Gasteiger partial charge in [-0.25, -0.2) is 0 Å². The standard InChI is InChI=1S/C10H12BrNO/c11-9-5-1-3-8(7-9)4-2-6-10(12)13/h1,3,5,7H,2,4,6H2,(H2,12,13). The molecule has 1 amide bonds. The van der Waals surface area contributed by atoms with E-state index in [0.29, 0.717) is 6.42 Å². The maximum absolute atomic E-state index is 10.5. The van der Waals surface area contributed by atoms with Gasteiger partial charge in [-0.15, -0.1) is 0 Å². The minimum absolute atomic E-state index is 0.227. The molecule has 0 radical (unpaired) electrons. The Hall–Kier alpha value is -0.830. The highest BCUT2D eigenvalue weighted by Crippen LogP contribution is 2.13. The highest BCUT2D eigenvalue weighted by atomic mass is 79.9. The average Bonchev–Trinajstić information content (AvgIpc) is 2.03. The molecular formula is C10H12BrNO. The second-order valence-corrected chi connectivity index (χ2v) is 3.87. The van der Waals surface area contributed by atoms with E-state index in [4.69, 9.17) is 5.73 Å². The highest BCUT2D eigenvalue weighted by molar-refractivity contribution is 9.10. The lowest BCUT2D eigenvalue weighted by atomic mass is 10.1. The first-order valence-electron chi connectivity index (χ1n) is 4.21. The van der Waals surface area contributed by atoms with Crippen molar-refractivity contribution in [3.05, 3.63) is 34.3 Å². The van der Waals surface area contributed by atoms with E-state index in [9.17, 15) is 4.79 Å². The van der Waals surface area contributed by atoms with Crippen LogP contribution in [-0.4, -0.2) is 5.91 Å². The van der Waals surface area contributed by atoms with Gasteiger partial charge in [-0.05, 0) is 30.5 Å². The molecule has 0 aliphatic rings. The lowest BCUT2D eigenvalue weighted by Gasteiger charge is -1.99. The van der Waals surface area contributed by atoms with E-state index in [1.165, 1.54) is 5.56 Å². The second-order valence-electron chi connectivity index (χ2n) is 2.95. The number of rotatable bonds is 4. The topological polar surface area (TPSA) is 43.1 Å². The van der Waals surface area contributed by atoms with Gasteiger partial charge in [0.25, 0.3) is 0 Å². The van der Waals surface area contributed by atoms with Crippen molar-refractivity contribution >= 4 is 21.8 Å². The minimum Gasteiger partial charge on any atom is -0.370 e. The average molecular weight is 242 g/mol. The van der Waals surface area contributed by atoms with Crippen LogP contribution in [-0.2, 0) is 11.2 Å². The minimum atomic E-state index is -0.227. The molecule has 0 aliphatic carbocycles. The van der Waals surface area contributed by atoms with Crippen LogP contribution < -0.4 is 5.73 Å². The number of halogens is 1. The number of hydrogen-bond donors (Lipinski definition) is 1. The molecule has 0 aromatic heterocycles. The molecule has 0 saturated carbocycles. The summed E-state index contributed by atoms with van der Waals surface area (Å²) in [6.07, 6.45) is 2.20. The fraction of sp³-hybridized carbons (Fsp3) is 0.300. The van der Waals surface area contributed by atoms with Crippen molar-refractivity contribution in [2.75, 3.05) is 0 Å². The summed E-state index contributed by atoms with van der Waals surface area (Å²) in [7, 11) is 0. The number of primary amides is 1. The van der Waals surface area contributed by atoms with Crippen LogP contribution in [0.2, 0.25) is 0 Å². The van der Waals surface area contributed by atoms with Crippen LogP contribution >= 0.6 is 15.9 Å². The molecular weight excluding hydrogens is 230 g/mol. The molecule has 0 bridgehead atoms. The predicted octanol–water partition coefficient (Wildman–Crippen LogP) is 2.26. The van der Waals surface area contributed by atoms with Gasteiger partial charge in [-0.3, -0.25) is 4.79 Å². The van der Waals surface area contributed by atoms with Gasteiger partial charge in [-0.2, -0.15) is 0 Å². The molecule has 0 aliphatic heterocycles. The van der Waals surface area contributed by atoms with E-state index in [0.717, 1.165) is 17.3 Å². The summed E-state index contributed by atoms with van der Waals surface area (Å²) in [5.41, 5.74) is 6.27. The molecule has 3 heteroatoms. The van der Waals surface area contributed by atoms with Gasteiger partial charge in [0.05, 0.1) is 0 Å². The molecule has 1 aromatic carbocycles. The number of carbonyl (C=O) groups is 1. The molecule has 0 atom stereocenters. The van der Waals surface area contributed by atoms with Crippen LogP contribution in [0.25, 0.3) is 0 Å². The molecule has 0 spiro atoms. The molecule has 2 nitrogen and oxygen atoms in total. The number of amides is 1. The Morgan fingerprint density at radius 1 is 1.46 bits per heavy atom. The van der Waals surface area contributed by atoms with Crippen LogP contribution in [0.1, 0.15) is 18.4 Å². The first-order valence-corrected chi connectivity index (χ1v) is 5.00. The number of aryl methyl sites for hydroxylation is 1. The third-order valence-electron chi connectivity index (χ3n) is 1.78. The Morgan fingerprint density at radius 3 is 2.85 bits per heavy atom. The summed E-state index contributed by atoms with van der Waals surface area (Å²) in [4.78, 5) is 10.5. The van der Waals surface area contributed by atoms with Gasteiger partial charge in [0.2, 0.25) is 5.91 Å². The van der Waals surface area contributed by atoms with Crippen LogP contribution in [0.15, 0.2) is 28.7 Å². The van der Waals surface area contributed by atoms with Gasteiger partial charge in [0.15, 0.2) is 0 Å². The summed E-state index contributed by atoms with van der Waals surface area (Å²) in [6, 6.07) is 8.08. The quantitative estimate of drug-likeness (QED) is 0.864. The van der Waals surface area contributed by atoms with E-state index >= 15 is 0 Å². The zero-order valence-electron chi connectivity index (χ0n) is 7.29. The SMILES string of the molecule is NC(=O)CCCc1cccc(Br)c1. The Balaban J connectivity index is 2.41. The molecule has 13 heavy (non-hydrogen) atoms. The molecule has 0 fully saturated rings. The summed E-state index contributed by atoms with van der Waals surface area (Å²) in [6.45, 7) is 0. The van der Waals surface area contributed by atoms with Crippen molar-refractivity contribution in [1.29, 1.82) is 0 Å². The fourth-order valence-corrected chi connectivity index (χ4v) is 1.61. The Kier molecular flexibility index (Phi) is 3.96. The van der Waals surface area contributed by atoms with Crippen molar-refractivity contribution in [2.45, 2.75) is 19.3 Å². The normalized spacial score (nSPS) is 9.92. The van der Waals surface area contributed by atoms with Gasteiger partial charge in [-0.1, -0.05) is 28.1 Å². The smallest absolute Gasteiger partial charge is 0.217 e. The number of nitrogens with two attached hydrogens (primary N) is 1. The van der Waals surface area contributed by atoms with E-state index in [-0.39, 0.29) is 5.91 Å². The van der Waals surface area contributed by atoms with Gasteiger partial charge >= 0.3 is 0 Å². The lowest BCUT2D eigenvalue weighted by Crippen LogP contribution is -2.10. The highest BCUT2D eigenvalue weighted by Gasteiger charge is 1.96. The first-order chi connectivity index (χ1) is 6.18. The molecule has 70 valence electrons. The van der Waals surface area contributed by atoms with Crippen molar-refractivity contribution in [3.63, 3.8) is 0 Å². The van der Waals surface area contributed by atoms with Crippen molar-refractivity contribution in [2.24, 2.45) is 5.73 Å². The Labute approximate surface area is 86.3 Å². The summed E-state index contributed by atoms with van der Waals surface area (Å²) >= 11 is 3.39. The van der Waals surface area contributed by atoms with Crippen LogP contribution in [0.3, 0.4) is 0 Å². The summed E-state index contributed by atoms with van der Waals surface area (Å²) in [5, 5.41) is 0. The van der Waals surface area contributed by atoms with Gasteiger partial charge < -0.3 is 5.73 Å². The molecule has 1 aromatic rings. The maximum atomic E-state index is 10.5. The van der Waals surface area contributed by atoms with Crippen molar-refractivity contribution in [1.82, 2.24) is 0 Å². The summed E-state index contributed by atoms with van der Waals surface area (Å²) in [5.74, 6) is -0.227. The molecule has 2 N–H and O–H groups in total. The van der Waals surface area contributed by atoms with E-state index in [2.05, 4.69) is 22.0 Å². The zero-order valence-corrected chi connectivity index (χ0v) is 8.88. The second kappa shape index (κ2) is 5.02. The Bertz CT molecular complexity index is 299. The van der Waals surface area contributed by atoms with Crippen LogP contribution in [0, 0.1) is 0 Å². The zero-order chi connectivity index (χ0) is 9.68. The molecule has 0 saturated heterocycles. The van der Waals surface area contributed by atoms with Crippen LogP contribution in [0.4, 0.5) is 0 Å². The Morgan fingerprint density at radius 2 is 2.23 bits per heavy atom. The van der Waals surface area contributed by atoms with Crippen LogP contribution in [0.5, 0.6) is 0 Å². The predicted molar refractivity (Wildman–Crippen MR) is 56.3 cm³/mol. The summed E-state index contributed by atoms with van der Waals surface area (Å²) < 4.78 is 1.07. The maximum Gasteiger partial charge on any atom is 0.217 e. The fourth-order valence-electron chi connectivity index (χ4n) is 1.16. The van der Waals surface area contributed by atoms with E-state index < -0.39 is 0 Å². The third-order valence-corrected chi connectivity index (χ3v) is 2.27. The van der Waals surface area contributed by atoms with E-state index in [1.54, 1.807) is 0 Å². The number of benzene rings is 1. The first kappa shape index (κ1) is 10.3. The van der Waals surface area contributed by atoms with Gasteiger partial charge in [0, 0.05) is 10.9 Å². The van der Waals surface area contributed by atoms with Gasteiger partial charge in [0.1, 0.15) is 0 Å². The van der Waals surface area contributed by atoms with Crippen molar-refractivity contribution in [3.8, 4) is 0 Å². The van der Waals surface area contributed by atoms with E-state index in [1.807, 2.05) is 18.2 Å².